The Morgan fingerprint density at radius 3 is 2.71 bits per heavy atom. The Labute approximate surface area is 90.4 Å². The molecule has 1 aliphatic heterocycles. The lowest BCUT2D eigenvalue weighted by Crippen LogP contribution is -2.52. The van der Waals surface area contributed by atoms with Gasteiger partial charge in [0.05, 0.1) is 13.2 Å². The van der Waals surface area contributed by atoms with Crippen molar-refractivity contribution < 1.29 is 9.53 Å². The van der Waals surface area contributed by atoms with Crippen molar-refractivity contribution in [1.82, 2.24) is 10.2 Å². The van der Waals surface area contributed by atoms with Crippen molar-refractivity contribution in [3.63, 3.8) is 0 Å². The molecule has 4 nitrogen and oxygen atoms in total. The number of nitrogens with zero attached hydrogens (tertiary/aromatic N) is 1. The highest BCUT2D eigenvalue weighted by Crippen LogP contribution is 2.25. The predicted octanol–water partition coefficient (Wildman–Crippen LogP) is 0.0174. The molecule has 1 saturated carbocycles. The first-order chi connectivity index (χ1) is 6.29. The molecule has 0 aromatic carbocycles. The fourth-order valence-corrected chi connectivity index (χ4v) is 1.61. The van der Waals surface area contributed by atoms with E-state index < -0.39 is 0 Å². The van der Waals surface area contributed by atoms with Crippen LogP contribution in [0.4, 0.5) is 0 Å². The first-order valence-electron chi connectivity index (χ1n) is 4.87. The second kappa shape index (κ2) is 4.96. The Morgan fingerprint density at radius 2 is 2.21 bits per heavy atom. The summed E-state index contributed by atoms with van der Waals surface area (Å²) in [6.07, 6.45) is 2.33. The van der Waals surface area contributed by atoms with Gasteiger partial charge in [-0.15, -0.1) is 12.4 Å². The quantitative estimate of drug-likeness (QED) is 0.714. The van der Waals surface area contributed by atoms with Gasteiger partial charge in [0.1, 0.15) is 6.04 Å². The van der Waals surface area contributed by atoms with Crippen LogP contribution in [0.1, 0.15) is 12.8 Å². The van der Waals surface area contributed by atoms with Crippen LogP contribution in [0.2, 0.25) is 0 Å². The fourth-order valence-electron chi connectivity index (χ4n) is 1.61. The van der Waals surface area contributed by atoms with Crippen LogP contribution >= 0.6 is 12.4 Å². The second-order valence-corrected chi connectivity index (χ2v) is 3.76. The highest BCUT2D eigenvalue weighted by molar-refractivity contribution is 5.85. The van der Waals surface area contributed by atoms with Crippen LogP contribution in [-0.2, 0) is 9.53 Å². The van der Waals surface area contributed by atoms with Crippen LogP contribution in [0.3, 0.4) is 0 Å². The summed E-state index contributed by atoms with van der Waals surface area (Å²) in [5, 5.41) is 3.17. The molecule has 0 unspecified atom stereocenters. The molecule has 2 rings (SSSR count). The molecule has 0 radical (unpaired) electrons. The maximum atomic E-state index is 11.8. The number of carbonyl (C=O) groups excluding carboxylic acids is 1. The van der Waals surface area contributed by atoms with Gasteiger partial charge in [0.2, 0.25) is 5.91 Å². The van der Waals surface area contributed by atoms with E-state index in [9.17, 15) is 4.79 Å². The summed E-state index contributed by atoms with van der Waals surface area (Å²) in [4.78, 5) is 13.6. The molecule has 1 saturated heterocycles. The van der Waals surface area contributed by atoms with E-state index in [4.69, 9.17) is 4.74 Å². The molecule has 0 spiro atoms. The Bertz CT molecular complexity index is 203. The van der Waals surface area contributed by atoms with Crippen LogP contribution in [0.5, 0.6) is 0 Å². The van der Waals surface area contributed by atoms with Gasteiger partial charge in [-0.2, -0.15) is 0 Å². The van der Waals surface area contributed by atoms with Gasteiger partial charge in [-0.3, -0.25) is 4.79 Å². The van der Waals surface area contributed by atoms with Crippen molar-refractivity contribution in [3.8, 4) is 0 Å². The summed E-state index contributed by atoms with van der Waals surface area (Å²) in [6.45, 7) is 2.03. The second-order valence-electron chi connectivity index (χ2n) is 3.76. The smallest absolute Gasteiger partial charge is 0.242 e. The Kier molecular flexibility index (Phi) is 4.16. The van der Waals surface area contributed by atoms with Gasteiger partial charge in [0.15, 0.2) is 0 Å². The molecule has 1 amide bonds. The minimum atomic E-state index is -0.112. The molecule has 0 bridgehead atoms. The summed E-state index contributed by atoms with van der Waals surface area (Å²) >= 11 is 0. The third-order valence-electron chi connectivity index (χ3n) is 2.66. The molecule has 2 aliphatic rings. The topological polar surface area (TPSA) is 41.6 Å². The lowest BCUT2D eigenvalue weighted by molar-refractivity contribution is -0.135. The first-order valence-corrected chi connectivity index (χ1v) is 4.87. The van der Waals surface area contributed by atoms with Crippen LogP contribution in [-0.4, -0.2) is 49.7 Å². The number of halogens is 1. The van der Waals surface area contributed by atoms with E-state index in [1.807, 2.05) is 11.9 Å². The van der Waals surface area contributed by atoms with E-state index in [-0.39, 0.29) is 24.4 Å². The number of amides is 1. The van der Waals surface area contributed by atoms with Crippen molar-refractivity contribution in [1.29, 1.82) is 0 Å². The van der Waals surface area contributed by atoms with E-state index in [0.717, 1.165) is 26.0 Å². The Hall–Kier alpha value is -0.320. The minimum Gasteiger partial charge on any atom is -0.378 e. The lowest BCUT2D eigenvalue weighted by atomic mass is 10.2. The van der Waals surface area contributed by atoms with Crippen molar-refractivity contribution >= 4 is 18.3 Å². The van der Waals surface area contributed by atoms with E-state index in [1.165, 1.54) is 0 Å². The summed E-state index contributed by atoms with van der Waals surface area (Å²) < 4.78 is 5.24. The fraction of sp³-hybridized carbons (Fsp3) is 0.889. The zero-order chi connectivity index (χ0) is 9.26. The number of rotatable bonds is 2. The average Bonchev–Trinajstić information content (AvgIpc) is 3.00. The number of ether oxygens (including phenoxy) is 1. The van der Waals surface area contributed by atoms with Crippen LogP contribution in [0.15, 0.2) is 0 Å². The van der Waals surface area contributed by atoms with Gasteiger partial charge in [-0.1, -0.05) is 0 Å². The molecule has 5 heteroatoms. The molecular weight excluding hydrogens is 204 g/mol. The van der Waals surface area contributed by atoms with Crippen molar-refractivity contribution in [2.24, 2.45) is 0 Å². The van der Waals surface area contributed by atoms with Crippen molar-refractivity contribution in [2.75, 3.05) is 26.8 Å². The zero-order valence-corrected chi connectivity index (χ0v) is 9.18. The van der Waals surface area contributed by atoms with Gasteiger partial charge in [0.25, 0.3) is 0 Å². The van der Waals surface area contributed by atoms with Gasteiger partial charge in [-0.05, 0) is 12.8 Å². The number of nitrogens with one attached hydrogen (secondary N) is 1. The maximum Gasteiger partial charge on any atom is 0.242 e. The molecular formula is C9H17ClN2O2. The Balaban J connectivity index is 0.000000980. The highest BCUT2D eigenvalue weighted by atomic mass is 35.5. The number of carbonyl (C=O) groups is 1. The monoisotopic (exact) mass is 220 g/mol. The van der Waals surface area contributed by atoms with Crippen molar-refractivity contribution in [2.45, 2.75) is 24.9 Å². The van der Waals surface area contributed by atoms with E-state index in [0.29, 0.717) is 12.6 Å². The Morgan fingerprint density at radius 1 is 1.50 bits per heavy atom. The molecule has 2 fully saturated rings. The van der Waals surface area contributed by atoms with Crippen LogP contribution < -0.4 is 5.32 Å². The summed E-state index contributed by atoms with van der Waals surface area (Å²) in [5.74, 6) is 0.183. The normalized spacial score (nSPS) is 26.5. The van der Waals surface area contributed by atoms with Gasteiger partial charge in [-0.25, -0.2) is 0 Å². The molecule has 1 heterocycles. The first kappa shape index (κ1) is 11.8. The largest absolute Gasteiger partial charge is 0.378 e. The van der Waals surface area contributed by atoms with Crippen LogP contribution in [0.25, 0.3) is 0 Å². The summed E-state index contributed by atoms with van der Waals surface area (Å²) in [7, 11) is 1.89. The molecule has 0 aromatic heterocycles. The lowest BCUT2D eigenvalue weighted by Gasteiger charge is -2.27. The average molecular weight is 221 g/mol. The number of likely N-dealkylation sites (N-methyl/N-ethyl adjacent to an activating group) is 1. The molecule has 1 aliphatic carbocycles. The third-order valence-corrected chi connectivity index (χ3v) is 2.66. The van der Waals surface area contributed by atoms with E-state index in [1.54, 1.807) is 0 Å². The standard InChI is InChI=1S/C9H16N2O2.ClH/c1-11(7-2-3-7)9(12)8-6-13-5-4-10-8;/h7-8,10H,2-6H2,1H3;1H/t8-;/m1./s1. The van der Waals surface area contributed by atoms with Crippen molar-refractivity contribution in [3.05, 3.63) is 0 Å². The van der Waals surface area contributed by atoms with Gasteiger partial charge < -0.3 is 15.0 Å². The van der Waals surface area contributed by atoms with Gasteiger partial charge >= 0.3 is 0 Å². The highest BCUT2D eigenvalue weighted by Gasteiger charge is 2.33. The van der Waals surface area contributed by atoms with E-state index in [2.05, 4.69) is 5.32 Å². The molecule has 82 valence electrons. The SMILES string of the molecule is CN(C(=O)[C@H]1COCCN1)C1CC1.Cl. The molecule has 1 atom stereocenters. The van der Waals surface area contributed by atoms with Gasteiger partial charge in [0, 0.05) is 19.6 Å². The predicted molar refractivity (Wildman–Crippen MR) is 55.6 cm³/mol. The number of hydrogen-bond acceptors (Lipinski definition) is 3. The minimum absolute atomic E-state index is 0. The summed E-state index contributed by atoms with van der Waals surface area (Å²) in [5.41, 5.74) is 0. The third kappa shape index (κ3) is 2.59. The van der Waals surface area contributed by atoms with Crippen LogP contribution in [0, 0.1) is 0 Å². The maximum absolute atomic E-state index is 11.8. The van der Waals surface area contributed by atoms with E-state index >= 15 is 0 Å². The molecule has 14 heavy (non-hydrogen) atoms. The summed E-state index contributed by atoms with van der Waals surface area (Å²) in [6, 6.07) is 0.385. The number of morpholine rings is 1. The number of hydrogen-bond donors (Lipinski definition) is 1. The zero-order valence-electron chi connectivity index (χ0n) is 8.36. The molecule has 0 aromatic rings. The molecule has 1 N–H and O–H groups in total.